The smallest absolute Gasteiger partial charge is 0.409 e. The number of hydrogen-bond donors (Lipinski definition) is 1. The molecule has 5 nitrogen and oxygen atoms in total. The maximum atomic E-state index is 13.9. The van der Waals surface area contributed by atoms with Crippen LogP contribution in [-0.4, -0.2) is 25.2 Å². The highest BCUT2D eigenvalue weighted by molar-refractivity contribution is 6.35. The van der Waals surface area contributed by atoms with E-state index in [0.29, 0.717) is 11.3 Å². The van der Waals surface area contributed by atoms with E-state index in [-0.39, 0.29) is 33.7 Å². The molecule has 0 radical (unpaired) electrons. The van der Waals surface area contributed by atoms with Gasteiger partial charge in [-0.25, -0.2) is 14.8 Å². The average molecular weight is 541 g/mol. The van der Waals surface area contributed by atoms with Crippen molar-refractivity contribution in [2.75, 3.05) is 12.1 Å². The van der Waals surface area contributed by atoms with Crippen molar-refractivity contribution in [1.29, 1.82) is 0 Å². The fourth-order valence-electron chi connectivity index (χ4n) is 3.58. The molecule has 1 unspecified atom stereocenters. The third-order valence-corrected chi connectivity index (χ3v) is 5.71. The molecule has 36 heavy (non-hydrogen) atoms. The number of nitrogens with zero attached hydrogens (tertiary/aromatic N) is 1. The second-order valence-corrected chi connectivity index (χ2v) is 8.67. The number of ether oxygens (including phenoxy) is 2. The van der Waals surface area contributed by atoms with E-state index in [9.17, 15) is 22.4 Å². The summed E-state index contributed by atoms with van der Waals surface area (Å²) in [6.07, 6.45) is -3.64. The Labute approximate surface area is 213 Å². The Kier molecular flexibility index (Phi) is 7.44. The summed E-state index contributed by atoms with van der Waals surface area (Å²) in [6.45, 7) is 0.0611. The van der Waals surface area contributed by atoms with Gasteiger partial charge in [0.05, 0.1) is 12.8 Å². The summed E-state index contributed by atoms with van der Waals surface area (Å²) < 4.78 is 65.8. The van der Waals surface area contributed by atoms with E-state index >= 15 is 0 Å². The quantitative estimate of drug-likeness (QED) is 0.283. The van der Waals surface area contributed by atoms with Crippen LogP contribution in [0.1, 0.15) is 11.1 Å². The number of amides is 1. The first-order chi connectivity index (χ1) is 17.0. The van der Waals surface area contributed by atoms with E-state index in [0.717, 1.165) is 11.1 Å². The van der Waals surface area contributed by atoms with Crippen molar-refractivity contribution in [1.82, 2.24) is 5.43 Å². The van der Waals surface area contributed by atoms with Crippen LogP contribution < -0.4 is 19.9 Å². The molecule has 0 saturated carbocycles. The lowest BCUT2D eigenvalue weighted by Crippen LogP contribution is -2.44. The van der Waals surface area contributed by atoms with Crippen LogP contribution in [0.25, 0.3) is 6.08 Å². The van der Waals surface area contributed by atoms with E-state index in [1.165, 1.54) is 55.6 Å². The SMILES string of the molecule is COc1ccc(/C=C2\C(=O)N(c3cc(Cl)cc(Cl)c3)NC2C(F)(F)F)cc1OCc1ccc(F)cc1. The van der Waals surface area contributed by atoms with E-state index in [1.54, 1.807) is 12.1 Å². The molecule has 0 aliphatic carbocycles. The van der Waals surface area contributed by atoms with Crippen molar-refractivity contribution in [3.8, 4) is 11.5 Å². The van der Waals surface area contributed by atoms with Crippen LogP contribution in [0.3, 0.4) is 0 Å². The first kappa shape index (κ1) is 25.8. The van der Waals surface area contributed by atoms with Gasteiger partial charge in [0.2, 0.25) is 0 Å². The zero-order chi connectivity index (χ0) is 26.0. The van der Waals surface area contributed by atoms with Gasteiger partial charge in [-0.15, -0.1) is 0 Å². The molecule has 188 valence electrons. The molecule has 3 aromatic rings. The monoisotopic (exact) mass is 540 g/mol. The lowest BCUT2D eigenvalue weighted by Gasteiger charge is -2.19. The molecule has 1 fully saturated rings. The van der Waals surface area contributed by atoms with Crippen molar-refractivity contribution < 1.29 is 31.8 Å². The van der Waals surface area contributed by atoms with E-state index in [4.69, 9.17) is 32.7 Å². The van der Waals surface area contributed by atoms with Crippen LogP contribution >= 0.6 is 23.2 Å². The van der Waals surface area contributed by atoms with Gasteiger partial charge >= 0.3 is 6.18 Å². The number of anilines is 1. The lowest BCUT2D eigenvalue weighted by molar-refractivity contribution is -0.144. The first-order valence-corrected chi connectivity index (χ1v) is 11.2. The molecule has 1 atom stereocenters. The third-order valence-electron chi connectivity index (χ3n) is 5.27. The maximum absolute atomic E-state index is 13.9. The number of rotatable bonds is 6. The summed E-state index contributed by atoms with van der Waals surface area (Å²) in [7, 11) is 1.41. The average Bonchev–Trinajstić information content (AvgIpc) is 3.14. The van der Waals surface area contributed by atoms with Gasteiger partial charge in [0.15, 0.2) is 17.5 Å². The third kappa shape index (κ3) is 5.75. The molecular weight excluding hydrogens is 523 g/mol. The summed E-state index contributed by atoms with van der Waals surface area (Å²) in [4.78, 5) is 13.1. The molecule has 1 N–H and O–H groups in total. The molecule has 0 aromatic heterocycles. The van der Waals surface area contributed by atoms with Crippen molar-refractivity contribution >= 4 is 40.9 Å². The number of alkyl halides is 3. The molecule has 1 aliphatic heterocycles. The van der Waals surface area contributed by atoms with Gasteiger partial charge in [-0.3, -0.25) is 4.79 Å². The number of benzene rings is 3. The molecule has 1 saturated heterocycles. The second-order valence-electron chi connectivity index (χ2n) is 7.80. The Morgan fingerprint density at radius 3 is 2.28 bits per heavy atom. The van der Waals surface area contributed by atoms with Gasteiger partial charge < -0.3 is 9.47 Å². The summed E-state index contributed by atoms with van der Waals surface area (Å²) >= 11 is 11.9. The summed E-state index contributed by atoms with van der Waals surface area (Å²) in [5, 5.41) is 1.08. The number of hydrazine groups is 1. The highest BCUT2D eigenvalue weighted by Crippen LogP contribution is 2.36. The van der Waals surface area contributed by atoms with E-state index in [1.807, 2.05) is 0 Å². The fraction of sp³-hybridized carbons (Fsp3) is 0.160. The molecule has 1 heterocycles. The van der Waals surface area contributed by atoms with Crippen molar-refractivity contribution in [2.24, 2.45) is 0 Å². The zero-order valence-corrected chi connectivity index (χ0v) is 20.1. The molecule has 4 rings (SSSR count). The Bertz CT molecular complexity index is 1290. The van der Waals surface area contributed by atoms with E-state index < -0.39 is 29.5 Å². The van der Waals surface area contributed by atoms with Crippen LogP contribution in [0.4, 0.5) is 23.2 Å². The fourth-order valence-corrected chi connectivity index (χ4v) is 4.10. The van der Waals surface area contributed by atoms with Crippen LogP contribution in [-0.2, 0) is 11.4 Å². The number of hydrogen-bond acceptors (Lipinski definition) is 4. The van der Waals surface area contributed by atoms with Crippen LogP contribution in [0.5, 0.6) is 11.5 Å². The van der Waals surface area contributed by atoms with Gasteiger partial charge in [0, 0.05) is 15.6 Å². The van der Waals surface area contributed by atoms with Crippen molar-refractivity contribution in [3.63, 3.8) is 0 Å². The van der Waals surface area contributed by atoms with E-state index in [2.05, 4.69) is 5.43 Å². The molecule has 1 amide bonds. The molecule has 0 spiro atoms. The Morgan fingerprint density at radius 1 is 1.00 bits per heavy atom. The molecule has 1 aliphatic rings. The normalized spacial score (nSPS) is 17.1. The van der Waals surface area contributed by atoms with Crippen LogP contribution in [0.2, 0.25) is 10.0 Å². The van der Waals surface area contributed by atoms with Gasteiger partial charge in [-0.1, -0.05) is 41.4 Å². The molecule has 3 aromatic carbocycles. The van der Waals surface area contributed by atoms with Gasteiger partial charge in [-0.05, 0) is 59.7 Å². The van der Waals surface area contributed by atoms with Crippen LogP contribution in [0.15, 0.2) is 66.2 Å². The highest BCUT2D eigenvalue weighted by atomic mass is 35.5. The maximum Gasteiger partial charge on any atom is 0.409 e. The first-order valence-electron chi connectivity index (χ1n) is 10.5. The zero-order valence-electron chi connectivity index (χ0n) is 18.6. The second kappa shape index (κ2) is 10.4. The topological polar surface area (TPSA) is 50.8 Å². The summed E-state index contributed by atoms with van der Waals surface area (Å²) in [5.41, 5.74) is 2.67. The minimum atomic E-state index is -4.77. The predicted molar refractivity (Wildman–Crippen MR) is 129 cm³/mol. The Hall–Kier alpha value is -3.27. The standard InChI is InChI=1S/C25H18Cl2F4N2O3/c1-35-21-7-4-15(9-22(21)36-13-14-2-5-18(28)6-3-14)8-20-23(25(29,30)31)32-33(24(20)34)19-11-16(26)10-17(27)12-19/h2-12,23,32H,13H2,1H3/b20-8-. The Morgan fingerprint density at radius 2 is 1.67 bits per heavy atom. The summed E-state index contributed by atoms with van der Waals surface area (Å²) in [5.74, 6) is -0.748. The predicted octanol–water partition coefficient (Wildman–Crippen LogP) is 6.59. The minimum absolute atomic E-state index is 0.0611. The number of nitrogens with one attached hydrogen (secondary N) is 1. The van der Waals surface area contributed by atoms with Crippen molar-refractivity contribution in [2.45, 2.75) is 18.8 Å². The highest BCUT2D eigenvalue weighted by Gasteiger charge is 2.51. The van der Waals surface area contributed by atoms with Gasteiger partial charge in [-0.2, -0.15) is 13.2 Å². The largest absolute Gasteiger partial charge is 0.493 e. The molecule has 0 bridgehead atoms. The lowest BCUT2D eigenvalue weighted by atomic mass is 10.0. The minimum Gasteiger partial charge on any atom is -0.493 e. The number of methoxy groups -OCH3 is 1. The molecular formula is C25H18Cl2F4N2O3. The number of carbonyl (C=O) groups excluding carboxylic acids is 1. The molecule has 11 heteroatoms. The number of halogens is 6. The van der Waals surface area contributed by atoms with Crippen molar-refractivity contribution in [3.05, 3.63) is 93.2 Å². The summed E-state index contributed by atoms with van der Waals surface area (Å²) in [6, 6.07) is 11.9. The van der Waals surface area contributed by atoms with Crippen LogP contribution in [0, 0.1) is 5.82 Å². The Balaban J connectivity index is 1.67. The number of carbonyl (C=O) groups is 1. The van der Waals surface area contributed by atoms with Gasteiger partial charge in [0.1, 0.15) is 12.4 Å². The van der Waals surface area contributed by atoms with Gasteiger partial charge in [0.25, 0.3) is 5.91 Å².